The Kier molecular flexibility index (Phi) is 4.19. The maximum atomic E-state index is 12.2. The molecule has 110 valence electrons. The molecular weight excluding hydrogens is 290 g/mol. The highest BCUT2D eigenvalue weighted by Crippen LogP contribution is 2.25. The molecule has 5 heteroatoms. The van der Waals surface area contributed by atoms with Crippen LogP contribution in [0.2, 0.25) is 5.02 Å². The lowest BCUT2D eigenvalue weighted by Gasteiger charge is -2.15. The van der Waals surface area contributed by atoms with E-state index in [9.17, 15) is 9.59 Å². The Morgan fingerprint density at radius 1 is 1.14 bits per heavy atom. The Morgan fingerprint density at radius 3 is 2.24 bits per heavy atom. The molecule has 0 aliphatic heterocycles. The third kappa shape index (κ3) is 3.00. The SMILES string of the molecule is CC(=O)Oc1ccc(=O)n(-c2cc(C)c(Cl)c(C)c2)c1C. The van der Waals surface area contributed by atoms with E-state index in [0.717, 1.165) is 11.1 Å². The van der Waals surface area contributed by atoms with E-state index in [4.69, 9.17) is 16.3 Å². The fourth-order valence-corrected chi connectivity index (χ4v) is 2.36. The van der Waals surface area contributed by atoms with Gasteiger partial charge in [-0.15, -0.1) is 0 Å². The molecule has 1 aromatic carbocycles. The van der Waals surface area contributed by atoms with Crippen molar-refractivity contribution in [1.82, 2.24) is 4.57 Å². The van der Waals surface area contributed by atoms with Gasteiger partial charge in [-0.1, -0.05) is 11.6 Å². The zero-order valence-electron chi connectivity index (χ0n) is 12.4. The molecular formula is C16H16ClNO3. The number of rotatable bonds is 2. The summed E-state index contributed by atoms with van der Waals surface area (Å²) in [5.41, 5.74) is 2.85. The standard InChI is InChI=1S/C16H16ClNO3/c1-9-7-13(8-10(2)16(9)17)18-11(3)14(21-12(4)19)5-6-15(18)20/h5-8H,1-4H3. The van der Waals surface area contributed by atoms with Crippen LogP contribution in [-0.4, -0.2) is 10.5 Å². The lowest BCUT2D eigenvalue weighted by atomic mass is 10.1. The minimum absolute atomic E-state index is 0.190. The van der Waals surface area contributed by atoms with E-state index in [-0.39, 0.29) is 5.56 Å². The first kappa shape index (κ1) is 15.3. The molecule has 1 heterocycles. The minimum atomic E-state index is -0.424. The van der Waals surface area contributed by atoms with Crippen molar-refractivity contribution in [2.45, 2.75) is 27.7 Å². The van der Waals surface area contributed by atoms with Crippen LogP contribution >= 0.6 is 11.6 Å². The van der Waals surface area contributed by atoms with Crippen molar-refractivity contribution in [1.29, 1.82) is 0 Å². The highest BCUT2D eigenvalue weighted by molar-refractivity contribution is 6.32. The lowest BCUT2D eigenvalue weighted by molar-refractivity contribution is -0.131. The van der Waals surface area contributed by atoms with Crippen molar-refractivity contribution >= 4 is 17.6 Å². The second kappa shape index (κ2) is 5.74. The molecule has 0 fully saturated rings. The van der Waals surface area contributed by atoms with Crippen molar-refractivity contribution in [2.24, 2.45) is 0 Å². The molecule has 1 aromatic heterocycles. The van der Waals surface area contributed by atoms with Crippen LogP contribution in [0.1, 0.15) is 23.7 Å². The van der Waals surface area contributed by atoms with Crippen molar-refractivity contribution in [3.05, 3.63) is 56.5 Å². The highest BCUT2D eigenvalue weighted by Gasteiger charge is 2.12. The summed E-state index contributed by atoms with van der Waals surface area (Å²) in [7, 11) is 0. The maximum Gasteiger partial charge on any atom is 0.308 e. The summed E-state index contributed by atoms with van der Waals surface area (Å²) < 4.78 is 6.63. The van der Waals surface area contributed by atoms with Crippen molar-refractivity contribution in [3.63, 3.8) is 0 Å². The number of halogens is 1. The smallest absolute Gasteiger partial charge is 0.308 e. The van der Waals surface area contributed by atoms with Crippen LogP contribution in [0.5, 0.6) is 5.75 Å². The van der Waals surface area contributed by atoms with Gasteiger partial charge in [-0.05, 0) is 50.1 Å². The molecule has 0 bridgehead atoms. The van der Waals surface area contributed by atoms with Crippen LogP contribution in [0.25, 0.3) is 5.69 Å². The Balaban J connectivity index is 2.69. The minimum Gasteiger partial charge on any atom is -0.425 e. The van der Waals surface area contributed by atoms with Gasteiger partial charge in [0.1, 0.15) is 0 Å². The van der Waals surface area contributed by atoms with Crippen LogP contribution in [0.15, 0.2) is 29.1 Å². The van der Waals surface area contributed by atoms with Crippen molar-refractivity contribution in [2.75, 3.05) is 0 Å². The Morgan fingerprint density at radius 2 is 1.71 bits per heavy atom. The lowest BCUT2D eigenvalue weighted by Crippen LogP contribution is -2.21. The third-order valence-corrected chi connectivity index (χ3v) is 3.82. The van der Waals surface area contributed by atoms with E-state index >= 15 is 0 Å². The Labute approximate surface area is 127 Å². The number of aryl methyl sites for hydroxylation is 2. The Bertz CT molecular complexity index is 755. The van der Waals surface area contributed by atoms with Gasteiger partial charge in [0.2, 0.25) is 0 Å². The zero-order valence-corrected chi connectivity index (χ0v) is 13.1. The number of aromatic nitrogens is 1. The summed E-state index contributed by atoms with van der Waals surface area (Å²) in [5, 5.41) is 0.681. The molecule has 0 spiro atoms. The topological polar surface area (TPSA) is 48.3 Å². The quantitative estimate of drug-likeness (QED) is 0.800. The van der Waals surface area contributed by atoms with E-state index in [0.29, 0.717) is 22.2 Å². The first-order valence-electron chi connectivity index (χ1n) is 6.49. The number of benzene rings is 1. The van der Waals surface area contributed by atoms with Crippen LogP contribution < -0.4 is 10.3 Å². The predicted octanol–water partition coefficient (Wildman–Crippen LogP) is 3.34. The molecule has 0 N–H and O–H groups in total. The highest BCUT2D eigenvalue weighted by atomic mass is 35.5. The van der Waals surface area contributed by atoms with Gasteiger partial charge in [-0.25, -0.2) is 0 Å². The largest absolute Gasteiger partial charge is 0.425 e. The van der Waals surface area contributed by atoms with Crippen LogP contribution in [0.4, 0.5) is 0 Å². The summed E-state index contributed by atoms with van der Waals surface area (Å²) in [6, 6.07) is 6.55. The number of carbonyl (C=O) groups excluding carboxylic acids is 1. The van der Waals surface area contributed by atoms with Gasteiger partial charge in [-0.3, -0.25) is 14.2 Å². The van der Waals surface area contributed by atoms with Gasteiger partial charge in [0.15, 0.2) is 5.75 Å². The van der Waals surface area contributed by atoms with Gasteiger partial charge in [0, 0.05) is 23.7 Å². The molecule has 21 heavy (non-hydrogen) atoms. The third-order valence-electron chi connectivity index (χ3n) is 3.22. The molecule has 0 saturated carbocycles. The number of pyridine rings is 1. The predicted molar refractivity (Wildman–Crippen MR) is 82.6 cm³/mol. The number of carbonyl (C=O) groups is 1. The van der Waals surface area contributed by atoms with Crippen LogP contribution in [-0.2, 0) is 4.79 Å². The van der Waals surface area contributed by atoms with Crippen molar-refractivity contribution < 1.29 is 9.53 Å². The van der Waals surface area contributed by atoms with Gasteiger partial charge in [-0.2, -0.15) is 0 Å². The molecule has 0 aliphatic carbocycles. The number of esters is 1. The zero-order chi connectivity index (χ0) is 15.7. The van der Waals surface area contributed by atoms with E-state index in [1.54, 1.807) is 6.92 Å². The fourth-order valence-electron chi connectivity index (χ4n) is 2.25. The second-order valence-electron chi connectivity index (χ2n) is 4.94. The molecule has 2 aromatic rings. The summed E-state index contributed by atoms with van der Waals surface area (Å²) in [5.74, 6) is -0.0564. The van der Waals surface area contributed by atoms with E-state index in [1.165, 1.54) is 23.6 Å². The number of hydrogen-bond donors (Lipinski definition) is 0. The summed E-state index contributed by atoms with van der Waals surface area (Å²) >= 11 is 6.16. The van der Waals surface area contributed by atoms with E-state index in [1.807, 2.05) is 26.0 Å². The molecule has 0 radical (unpaired) electrons. The molecule has 0 atom stereocenters. The molecule has 4 nitrogen and oxygen atoms in total. The molecule has 0 amide bonds. The molecule has 0 aliphatic rings. The summed E-state index contributed by atoms with van der Waals surface area (Å²) in [6.07, 6.45) is 0. The average Bonchev–Trinajstić information content (AvgIpc) is 2.39. The maximum absolute atomic E-state index is 12.2. The van der Waals surface area contributed by atoms with E-state index < -0.39 is 5.97 Å². The molecule has 2 rings (SSSR count). The van der Waals surface area contributed by atoms with Gasteiger partial charge < -0.3 is 4.74 Å². The van der Waals surface area contributed by atoms with Crippen LogP contribution in [0.3, 0.4) is 0 Å². The first-order valence-corrected chi connectivity index (χ1v) is 6.87. The normalized spacial score (nSPS) is 10.5. The number of ether oxygens (including phenoxy) is 1. The van der Waals surface area contributed by atoms with Gasteiger partial charge >= 0.3 is 5.97 Å². The van der Waals surface area contributed by atoms with Gasteiger partial charge in [0.05, 0.1) is 5.69 Å². The number of hydrogen-bond acceptors (Lipinski definition) is 3. The molecule has 0 saturated heterocycles. The van der Waals surface area contributed by atoms with Gasteiger partial charge in [0.25, 0.3) is 5.56 Å². The monoisotopic (exact) mass is 305 g/mol. The number of nitrogens with zero attached hydrogens (tertiary/aromatic N) is 1. The van der Waals surface area contributed by atoms with E-state index in [2.05, 4.69) is 0 Å². The first-order chi connectivity index (χ1) is 9.81. The van der Waals surface area contributed by atoms with Crippen molar-refractivity contribution in [3.8, 4) is 11.4 Å². The summed E-state index contributed by atoms with van der Waals surface area (Å²) in [6.45, 7) is 6.83. The average molecular weight is 306 g/mol. The molecule has 0 unspecified atom stereocenters. The van der Waals surface area contributed by atoms with Crippen LogP contribution in [0, 0.1) is 20.8 Å². The Hall–Kier alpha value is -2.07. The fraction of sp³-hybridized carbons (Fsp3) is 0.250. The summed E-state index contributed by atoms with van der Waals surface area (Å²) in [4.78, 5) is 23.3. The second-order valence-corrected chi connectivity index (χ2v) is 5.32.